The van der Waals surface area contributed by atoms with Crippen LogP contribution in [0.5, 0.6) is 0 Å². The van der Waals surface area contributed by atoms with Gasteiger partial charge < -0.3 is 19.9 Å². The lowest BCUT2D eigenvalue weighted by atomic mass is 10.1. The molecule has 0 unspecified atom stereocenters. The summed E-state index contributed by atoms with van der Waals surface area (Å²) in [6.07, 6.45) is -1.24. The van der Waals surface area contributed by atoms with Crippen LogP contribution >= 0.6 is 0 Å². The predicted octanol–water partition coefficient (Wildman–Crippen LogP) is 1.63. The van der Waals surface area contributed by atoms with Crippen LogP contribution < -0.4 is 5.32 Å². The number of rotatable bonds is 2. The number of alkyl halides is 1. The maximum Gasteiger partial charge on any atom is 0.322 e. The number of hydrogen-bond acceptors (Lipinski definition) is 3. The van der Waals surface area contributed by atoms with Crippen molar-refractivity contribution in [1.29, 1.82) is 0 Å². The molecule has 3 rings (SSSR count). The third-order valence-electron chi connectivity index (χ3n) is 4.21. The lowest BCUT2D eigenvalue weighted by Gasteiger charge is -2.32. The molecule has 0 spiro atoms. The number of amides is 3. The number of anilines is 1. The standard InChI is InChI=1S/C16H19F2N3O3/c17-11-1-3-13(4-2-11)19-16(23)21-10-12(18)9-14(21)15(22)20-5-7-24-8-6-20/h1-4,12,14H,5-10H2,(H,19,23)/t12-,14-/m0/s1. The van der Waals surface area contributed by atoms with Gasteiger partial charge >= 0.3 is 6.03 Å². The number of likely N-dealkylation sites (tertiary alicyclic amines) is 1. The van der Waals surface area contributed by atoms with Gasteiger partial charge in [-0.05, 0) is 24.3 Å². The van der Waals surface area contributed by atoms with Crippen LogP contribution in [0.15, 0.2) is 24.3 Å². The maximum absolute atomic E-state index is 13.8. The summed E-state index contributed by atoms with van der Waals surface area (Å²) in [4.78, 5) is 27.8. The molecule has 2 saturated heterocycles. The first-order valence-corrected chi connectivity index (χ1v) is 7.88. The van der Waals surface area contributed by atoms with E-state index in [0.29, 0.717) is 32.0 Å². The van der Waals surface area contributed by atoms with Gasteiger partial charge in [-0.15, -0.1) is 0 Å². The van der Waals surface area contributed by atoms with E-state index in [4.69, 9.17) is 4.74 Å². The number of carbonyl (C=O) groups is 2. The molecule has 2 fully saturated rings. The lowest BCUT2D eigenvalue weighted by molar-refractivity contribution is -0.139. The highest BCUT2D eigenvalue weighted by molar-refractivity contribution is 5.94. The smallest absolute Gasteiger partial charge is 0.322 e. The fraction of sp³-hybridized carbons (Fsp3) is 0.500. The van der Waals surface area contributed by atoms with Crippen LogP contribution in [-0.2, 0) is 9.53 Å². The molecule has 3 amide bonds. The van der Waals surface area contributed by atoms with Gasteiger partial charge in [-0.2, -0.15) is 0 Å². The molecule has 24 heavy (non-hydrogen) atoms. The van der Waals surface area contributed by atoms with Gasteiger partial charge in [-0.1, -0.05) is 0 Å². The Hall–Kier alpha value is -2.22. The topological polar surface area (TPSA) is 61.9 Å². The SMILES string of the molecule is O=C([C@@H]1C[C@H](F)CN1C(=O)Nc1ccc(F)cc1)N1CCOCC1. The van der Waals surface area contributed by atoms with E-state index in [1.165, 1.54) is 29.2 Å². The van der Waals surface area contributed by atoms with Gasteiger partial charge in [0.15, 0.2) is 0 Å². The molecular formula is C16H19F2N3O3. The van der Waals surface area contributed by atoms with Crippen LogP contribution in [0.3, 0.4) is 0 Å². The molecule has 1 aromatic rings. The predicted molar refractivity (Wildman–Crippen MR) is 82.8 cm³/mol. The number of benzene rings is 1. The summed E-state index contributed by atoms with van der Waals surface area (Å²) < 4.78 is 32.0. The van der Waals surface area contributed by atoms with E-state index in [1.54, 1.807) is 4.90 Å². The van der Waals surface area contributed by atoms with Gasteiger partial charge in [0.2, 0.25) is 5.91 Å². The number of halogens is 2. The highest BCUT2D eigenvalue weighted by Gasteiger charge is 2.41. The number of urea groups is 1. The van der Waals surface area contributed by atoms with Crippen LogP contribution in [0, 0.1) is 5.82 Å². The van der Waals surface area contributed by atoms with Crippen molar-refractivity contribution in [2.45, 2.75) is 18.6 Å². The Labute approximate surface area is 138 Å². The van der Waals surface area contributed by atoms with Gasteiger partial charge in [0.05, 0.1) is 19.8 Å². The maximum atomic E-state index is 13.8. The van der Waals surface area contributed by atoms with Crippen molar-refractivity contribution < 1.29 is 23.1 Å². The zero-order valence-electron chi connectivity index (χ0n) is 13.1. The van der Waals surface area contributed by atoms with E-state index in [1.807, 2.05) is 0 Å². The first-order valence-electron chi connectivity index (χ1n) is 7.88. The zero-order valence-corrected chi connectivity index (χ0v) is 13.1. The second kappa shape index (κ2) is 7.12. The largest absolute Gasteiger partial charge is 0.378 e. The molecule has 2 atom stereocenters. The Morgan fingerprint density at radius 1 is 1.17 bits per heavy atom. The minimum absolute atomic E-state index is 0.00692. The van der Waals surface area contributed by atoms with E-state index in [-0.39, 0.29) is 18.9 Å². The quantitative estimate of drug-likeness (QED) is 0.891. The van der Waals surface area contributed by atoms with Crippen LogP contribution in [0.4, 0.5) is 19.3 Å². The highest BCUT2D eigenvalue weighted by atomic mass is 19.1. The Morgan fingerprint density at radius 2 is 1.83 bits per heavy atom. The fourth-order valence-corrected chi connectivity index (χ4v) is 2.97. The second-order valence-corrected chi connectivity index (χ2v) is 5.88. The van der Waals surface area contributed by atoms with Gasteiger partial charge in [-0.3, -0.25) is 4.79 Å². The molecular weight excluding hydrogens is 320 g/mol. The van der Waals surface area contributed by atoms with Gasteiger partial charge in [0.25, 0.3) is 0 Å². The van der Waals surface area contributed by atoms with E-state index < -0.39 is 24.1 Å². The zero-order chi connectivity index (χ0) is 17.1. The van der Waals surface area contributed by atoms with Crippen molar-refractivity contribution in [2.24, 2.45) is 0 Å². The summed E-state index contributed by atoms with van der Waals surface area (Å²) in [7, 11) is 0. The van der Waals surface area contributed by atoms with E-state index in [2.05, 4.69) is 5.32 Å². The first kappa shape index (κ1) is 16.6. The summed E-state index contributed by atoms with van der Waals surface area (Å²) in [6, 6.07) is 3.87. The van der Waals surface area contributed by atoms with Crippen LogP contribution in [0.2, 0.25) is 0 Å². The molecule has 8 heteroatoms. The second-order valence-electron chi connectivity index (χ2n) is 5.88. The van der Waals surface area contributed by atoms with Crippen molar-refractivity contribution in [2.75, 3.05) is 38.2 Å². The Balaban J connectivity index is 1.68. The molecule has 130 valence electrons. The summed E-state index contributed by atoms with van der Waals surface area (Å²) in [5.41, 5.74) is 0.390. The summed E-state index contributed by atoms with van der Waals surface area (Å²) >= 11 is 0. The monoisotopic (exact) mass is 339 g/mol. The molecule has 0 aromatic heterocycles. The van der Waals surface area contributed by atoms with E-state index >= 15 is 0 Å². The van der Waals surface area contributed by atoms with Crippen LogP contribution in [0.1, 0.15) is 6.42 Å². The van der Waals surface area contributed by atoms with Gasteiger partial charge in [0, 0.05) is 25.2 Å². The number of hydrogen-bond donors (Lipinski definition) is 1. The van der Waals surface area contributed by atoms with Crippen molar-refractivity contribution >= 4 is 17.6 Å². The first-order chi connectivity index (χ1) is 11.5. The average molecular weight is 339 g/mol. The number of morpholine rings is 1. The van der Waals surface area contributed by atoms with Gasteiger partial charge in [-0.25, -0.2) is 13.6 Å². The van der Waals surface area contributed by atoms with E-state index in [0.717, 1.165) is 0 Å². The molecule has 0 aliphatic carbocycles. The van der Waals surface area contributed by atoms with Crippen LogP contribution in [0.25, 0.3) is 0 Å². The number of carbonyl (C=O) groups excluding carboxylic acids is 2. The molecule has 0 saturated carbocycles. The minimum Gasteiger partial charge on any atom is -0.378 e. The fourth-order valence-electron chi connectivity index (χ4n) is 2.97. The lowest BCUT2D eigenvalue weighted by Crippen LogP contribution is -2.51. The third kappa shape index (κ3) is 3.64. The van der Waals surface area contributed by atoms with Crippen LogP contribution in [-0.4, -0.2) is 66.8 Å². The molecule has 2 aliphatic rings. The normalized spacial score (nSPS) is 24.1. The molecule has 1 aromatic carbocycles. The molecule has 6 nitrogen and oxygen atoms in total. The van der Waals surface area contributed by atoms with E-state index in [9.17, 15) is 18.4 Å². The minimum atomic E-state index is -1.24. The molecule has 0 radical (unpaired) electrons. The molecule has 2 heterocycles. The Kier molecular flexibility index (Phi) is 4.94. The van der Waals surface area contributed by atoms with Crippen molar-refractivity contribution in [3.63, 3.8) is 0 Å². The Bertz CT molecular complexity index is 605. The summed E-state index contributed by atoms with van der Waals surface area (Å²) in [5.74, 6) is -0.675. The van der Waals surface area contributed by atoms with Crippen molar-refractivity contribution in [3.8, 4) is 0 Å². The summed E-state index contributed by atoms with van der Waals surface area (Å²) in [5, 5.41) is 2.58. The number of nitrogens with zero attached hydrogens (tertiary/aromatic N) is 2. The molecule has 2 aliphatic heterocycles. The highest BCUT2D eigenvalue weighted by Crippen LogP contribution is 2.24. The summed E-state index contributed by atoms with van der Waals surface area (Å²) in [6.45, 7) is 1.64. The Morgan fingerprint density at radius 3 is 2.50 bits per heavy atom. The molecule has 0 bridgehead atoms. The van der Waals surface area contributed by atoms with Gasteiger partial charge in [0.1, 0.15) is 18.0 Å². The molecule has 1 N–H and O–H groups in total. The van der Waals surface area contributed by atoms with Crippen molar-refractivity contribution in [3.05, 3.63) is 30.1 Å². The number of ether oxygens (including phenoxy) is 1. The third-order valence-corrected chi connectivity index (χ3v) is 4.21. The average Bonchev–Trinajstić information content (AvgIpc) is 2.99. The van der Waals surface area contributed by atoms with Crippen molar-refractivity contribution in [1.82, 2.24) is 9.80 Å². The number of nitrogens with one attached hydrogen (secondary N) is 1.